The largest absolute Gasteiger partial charge is 0.347 e. The van der Waals surface area contributed by atoms with Crippen LogP contribution < -0.4 is 5.32 Å². The molecule has 1 aromatic carbocycles. The van der Waals surface area contributed by atoms with Crippen LogP contribution in [-0.2, 0) is 6.54 Å². The maximum atomic E-state index is 13.2. The maximum absolute atomic E-state index is 13.2. The van der Waals surface area contributed by atoms with Gasteiger partial charge in [0, 0.05) is 21.4 Å². The van der Waals surface area contributed by atoms with Gasteiger partial charge in [0.1, 0.15) is 0 Å². The van der Waals surface area contributed by atoms with Gasteiger partial charge in [-0.15, -0.1) is 11.3 Å². The van der Waals surface area contributed by atoms with Crippen molar-refractivity contribution in [3.8, 4) is 0 Å². The van der Waals surface area contributed by atoms with Crippen molar-refractivity contribution in [1.82, 2.24) is 5.32 Å². The number of nitro benzene ring substituents is 1. The lowest BCUT2D eigenvalue weighted by Gasteiger charge is -2.04. The summed E-state index contributed by atoms with van der Waals surface area (Å²) in [5.41, 5.74) is -0.643. The van der Waals surface area contributed by atoms with Crippen LogP contribution in [0.25, 0.3) is 0 Å². The molecule has 0 bridgehead atoms. The van der Waals surface area contributed by atoms with Crippen molar-refractivity contribution in [1.29, 1.82) is 0 Å². The normalized spacial score (nSPS) is 10.3. The molecule has 1 aromatic heterocycles. The Balaban J connectivity index is 2.09. The summed E-state index contributed by atoms with van der Waals surface area (Å²) in [5, 5.41) is 13.3. The fraction of sp³-hybridized carbons (Fsp3) is 0.154. The zero-order valence-corrected chi connectivity index (χ0v) is 11.4. The van der Waals surface area contributed by atoms with Gasteiger partial charge < -0.3 is 5.32 Å². The Morgan fingerprint density at radius 2 is 2.15 bits per heavy atom. The fourth-order valence-corrected chi connectivity index (χ4v) is 2.47. The summed E-state index contributed by atoms with van der Waals surface area (Å²) in [4.78, 5) is 23.7. The van der Waals surface area contributed by atoms with Crippen LogP contribution in [0.4, 0.5) is 10.1 Å². The molecule has 1 N–H and O–H groups in total. The van der Waals surface area contributed by atoms with Crippen LogP contribution in [0, 0.1) is 22.9 Å². The van der Waals surface area contributed by atoms with Crippen molar-refractivity contribution in [2.75, 3.05) is 0 Å². The second kappa shape index (κ2) is 5.79. The number of amides is 1. The van der Waals surface area contributed by atoms with Gasteiger partial charge in [0.05, 0.1) is 11.5 Å². The van der Waals surface area contributed by atoms with E-state index in [1.165, 1.54) is 6.07 Å². The Hall–Kier alpha value is -2.28. The number of carbonyl (C=O) groups is 1. The van der Waals surface area contributed by atoms with Crippen molar-refractivity contribution < 1.29 is 14.1 Å². The van der Waals surface area contributed by atoms with Gasteiger partial charge >= 0.3 is 5.69 Å². The van der Waals surface area contributed by atoms with Crippen LogP contribution in [0.2, 0.25) is 0 Å². The molecule has 0 spiro atoms. The van der Waals surface area contributed by atoms with Gasteiger partial charge in [-0.2, -0.15) is 4.39 Å². The van der Waals surface area contributed by atoms with Crippen molar-refractivity contribution >= 4 is 22.9 Å². The first kappa shape index (κ1) is 14.1. The number of hydrogen-bond acceptors (Lipinski definition) is 4. The maximum Gasteiger partial charge on any atom is 0.305 e. The molecule has 0 saturated carbocycles. The van der Waals surface area contributed by atoms with Gasteiger partial charge in [-0.1, -0.05) is 0 Å². The smallest absolute Gasteiger partial charge is 0.305 e. The number of carbonyl (C=O) groups excluding carboxylic acids is 1. The summed E-state index contributed by atoms with van der Waals surface area (Å²) in [6.45, 7) is 2.29. The number of nitrogens with one attached hydrogen (secondary N) is 1. The molecule has 0 unspecified atom stereocenters. The van der Waals surface area contributed by atoms with E-state index in [1.807, 2.05) is 19.1 Å². The van der Waals surface area contributed by atoms with Gasteiger partial charge in [0.2, 0.25) is 5.82 Å². The first-order chi connectivity index (χ1) is 9.47. The minimum Gasteiger partial charge on any atom is -0.347 e. The highest BCUT2D eigenvalue weighted by molar-refractivity contribution is 7.11. The summed E-state index contributed by atoms with van der Waals surface area (Å²) in [5.74, 6) is -1.43. The minimum atomic E-state index is -0.958. The lowest BCUT2D eigenvalue weighted by molar-refractivity contribution is -0.387. The molecule has 2 rings (SSSR count). The SMILES string of the molecule is Cc1ccc(CNC(=O)c2ccc(F)c([N+](=O)[O-])c2)s1. The van der Waals surface area contributed by atoms with Gasteiger partial charge in [-0.3, -0.25) is 14.9 Å². The van der Waals surface area contributed by atoms with E-state index < -0.39 is 22.3 Å². The molecule has 0 aliphatic carbocycles. The standard InChI is InChI=1S/C13H11FN2O3S/c1-8-2-4-10(20-8)7-15-13(17)9-3-5-11(14)12(6-9)16(18)19/h2-6H,7H2,1H3,(H,15,17). The van der Waals surface area contributed by atoms with E-state index in [0.717, 1.165) is 21.9 Å². The number of nitro groups is 1. The highest BCUT2D eigenvalue weighted by Gasteiger charge is 2.17. The van der Waals surface area contributed by atoms with E-state index in [4.69, 9.17) is 0 Å². The van der Waals surface area contributed by atoms with Crippen molar-refractivity contribution in [3.63, 3.8) is 0 Å². The van der Waals surface area contributed by atoms with Crippen LogP contribution in [-0.4, -0.2) is 10.8 Å². The Morgan fingerprint density at radius 3 is 2.75 bits per heavy atom. The highest BCUT2D eigenvalue weighted by Crippen LogP contribution is 2.19. The van der Waals surface area contributed by atoms with E-state index in [0.29, 0.717) is 6.54 Å². The summed E-state index contributed by atoms with van der Waals surface area (Å²) in [7, 11) is 0. The Morgan fingerprint density at radius 1 is 1.40 bits per heavy atom. The number of hydrogen-bond donors (Lipinski definition) is 1. The van der Waals surface area contributed by atoms with Crippen LogP contribution in [0.15, 0.2) is 30.3 Å². The quantitative estimate of drug-likeness (QED) is 0.696. The molecular formula is C13H11FN2O3S. The number of rotatable bonds is 4. The molecular weight excluding hydrogens is 283 g/mol. The van der Waals surface area contributed by atoms with Crippen molar-refractivity contribution in [2.45, 2.75) is 13.5 Å². The third-order valence-corrected chi connectivity index (χ3v) is 3.62. The van der Waals surface area contributed by atoms with Gasteiger partial charge in [-0.25, -0.2) is 0 Å². The number of thiophene rings is 1. The van der Waals surface area contributed by atoms with Crippen molar-refractivity contribution in [2.24, 2.45) is 0 Å². The third kappa shape index (κ3) is 3.18. The molecule has 2 aromatic rings. The van der Waals surface area contributed by atoms with Crippen LogP contribution in [0.3, 0.4) is 0 Å². The lowest BCUT2D eigenvalue weighted by atomic mass is 10.2. The Kier molecular flexibility index (Phi) is 4.09. The number of halogens is 1. The predicted molar refractivity (Wildman–Crippen MR) is 73.3 cm³/mol. The van der Waals surface area contributed by atoms with E-state index in [1.54, 1.807) is 11.3 Å². The van der Waals surface area contributed by atoms with E-state index >= 15 is 0 Å². The molecule has 5 nitrogen and oxygen atoms in total. The monoisotopic (exact) mass is 294 g/mol. The topological polar surface area (TPSA) is 72.2 Å². The first-order valence-electron chi connectivity index (χ1n) is 5.75. The third-order valence-electron chi connectivity index (χ3n) is 2.62. The molecule has 0 atom stereocenters. The van der Waals surface area contributed by atoms with Crippen LogP contribution in [0.1, 0.15) is 20.1 Å². The Bertz CT molecular complexity index is 669. The number of nitrogens with zero attached hydrogens (tertiary/aromatic N) is 1. The van der Waals surface area contributed by atoms with Gasteiger partial charge in [-0.05, 0) is 31.2 Å². The molecule has 0 aliphatic rings. The Labute approximate surface area is 118 Å². The molecule has 0 radical (unpaired) electrons. The molecule has 0 fully saturated rings. The van der Waals surface area contributed by atoms with Gasteiger partial charge in [0.25, 0.3) is 5.91 Å². The van der Waals surface area contributed by atoms with E-state index in [9.17, 15) is 19.3 Å². The highest BCUT2D eigenvalue weighted by atomic mass is 32.1. The molecule has 0 saturated heterocycles. The fourth-order valence-electron chi connectivity index (χ4n) is 1.64. The first-order valence-corrected chi connectivity index (χ1v) is 6.56. The van der Waals surface area contributed by atoms with E-state index in [-0.39, 0.29) is 5.56 Å². The second-order valence-corrected chi connectivity index (χ2v) is 5.49. The summed E-state index contributed by atoms with van der Waals surface area (Å²) < 4.78 is 13.2. The van der Waals surface area contributed by atoms with Crippen LogP contribution >= 0.6 is 11.3 Å². The number of benzene rings is 1. The summed E-state index contributed by atoms with van der Waals surface area (Å²) in [6.07, 6.45) is 0. The average Bonchev–Trinajstić information content (AvgIpc) is 2.82. The average molecular weight is 294 g/mol. The zero-order chi connectivity index (χ0) is 14.7. The van der Waals surface area contributed by atoms with Crippen molar-refractivity contribution in [3.05, 3.63) is 61.6 Å². The zero-order valence-electron chi connectivity index (χ0n) is 10.6. The van der Waals surface area contributed by atoms with Gasteiger partial charge in [0.15, 0.2) is 0 Å². The molecule has 7 heteroatoms. The predicted octanol–water partition coefficient (Wildman–Crippen LogP) is 3.03. The molecule has 104 valence electrons. The summed E-state index contributed by atoms with van der Waals surface area (Å²) >= 11 is 1.55. The molecule has 20 heavy (non-hydrogen) atoms. The lowest BCUT2D eigenvalue weighted by Crippen LogP contribution is -2.22. The summed E-state index contributed by atoms with van der Waals surface area (Å²) in [6, 6.07) is 6.91. The molecule has 1 heterocycles. The van der Waals surface area contributed by atoms with E-state index in [2.05, 4.69) is 5.32 Å². The minimum absolute atomic E-state index is 0.0615. The number of aryl methyl sites for hydroxylation is 1. The molecule has 0 aliphatic heterocycles. The second-order valence-electron chi connectivity index (χ2n) is 4.12. The molecule has 1 amide bonds. The van der Waals surface area contributed by atoms with Crippen LogP contribution in [0.5, 0.6) is 0 Å².